The van der Waals surface area contributed by atoms with Crippen molar-refractivity contribution < 1.29 is 4.74 Å². The molecule has 0 bridgehead atoms. The molecule has 0 radical (unpaired) electrons. The van der Waals surface area contributed by atoms with Gasteiger partial charge in [-0.05, 0) is 39.0 Å². The van der Waals surface area contributed by atoms with Crippen LogP contribution in [0, 0.1) is 4.64 Å². The van der Waals surface area contributed by atoms with Gasteiger partial charge in [-0.3, -0.25) is 0 Å². The van der Waals surface area contributed by atoms with Crippen LogP contribution in [0.4, 0.5) is 0 Å². The number of hydrogen-bond donors (Lipinski definition) is 1. The highest BCUT2D eigenvalue weighted by molar-refractivity contribution is 7.71. The van der Waals surface area contributed by atoms with E-state index in [1.165, 1.54) is 30.5 Å². The molecule has 1 unspecified atom stereocenters. The largest absolute Gasteiger partial charge is 0.371 e. The first-order valence-electron chi connectivity index (χ1n) is 7.49. The van der Waals surface area contributed by atoms with Crippen LogP contribution in [0.1, 0.15) is 69.1 Å². The van der Waals surface area contributed by atoms with Crippen molar-refractivity contribution >= 4 is 12.2 Å². The van der Waals surface area contributed by atoms with Gasteiger partial charge in [0, 0.05) is 17.9 Å². The summed E-state index contributed by atoms with van der Waals surface area (Å²) in [5, 5.41) is 0. The molecule has 1 aliphatic rings. The van der Waals surface area contributed by atoms with Gasteiger partial charge in [-0.15, -0.1) is 0 Å². The third-order valence-electron chi connectivity index (χ3n) is 3.70. The third kappa shape index (κ3) is 3.63. The normalized spacial score (nSPS) is 16.7. The summed E-state index contributed by atoms with van der Waals surface area (Å²) in [4.78, 5) is 8.11. The van der Waals surface area contributed by atoms with E-state index < -0.39 is 0 Å². The molecular weight excluding hydrogens is 256 g/mol. The van der Waals surface area contributed by atoms with Crippen molar-refractivity contribution in [3.05, 3.63) is 21.7 Å². The Morgan fingerprint density at radius 1 is 1.26 bits per heavy atom. The van der Waals surface area contributed by atoms with Crippen molar-refractivity contribution in [1.82, 2.24) is 9.97 Å². The van der Waals surface area contributed by atoms with Crippen LogP contribution < -0.4 is 0 Å². The van der Waals surface area contributed by atoms with Crippen LogP contribution in [0.25, 0.3) is 0 Å². The minimum absolute atomic E-state index is 0.0604. The van der Waals surface area contributed by atoms with Gasteiger partial charge in [0.1, 0.15) is 16.6 Å². The monoisotopic (exact) mass is 280 g/mol. The zero-order valence-electron chi connectivity index (χ0n) is 12.0. The first kappa shape index (κ1) is 14.7. The minimum Gasteiger partial charge on any atom is -0.371 e. The van der Waals surface area contributed by atoms with Crippen molar-refractivity contribution in [1.29, 1.82) is 0 Å². The number of nitrogens with zero attached hydrogens (tertiary/aromatic N) is 1. The maximum absolute atomic E-state index is 5.81. The second-order valence-electron chi connectivity index (χ2n) is 5.18. The highest BCUT2D eigenvalue weighted by Crippen LogP contribution is 2.24. The molecule has 0 saturated carbocycles. The van der Waals surface area contributed by atoms with Crippen LogP contribution in [0.5, 0.6) is 0 Å². The predicted octanol–water partition coefficient (Wildman–Crippen LogP) is 4.29. The van der Waals surface area contributed by atoms with Crippen LogP contribution in [-0.4, -0.2) is 16.6 Å². The zero-order chi connectivity index (χ0) is 13.7. The maximum atomic E-state index is 5.81. The number of aryl methyl sites for hydroxylation is 1. The number of nitrogens with one attached hydrogen (secondary N) is 1. The Morgan fingerprint density at radius 2 is 2.05 bits per heavy atom. The van der Waals surface area contributed by atoms with E-state index >= 15 is 0 Å². The van der Waals surface area contributed by atoms with E-state index in [0.717, 1.165) is 36.1 Å². The molecular formula is C15H24N2OS. The molecule has 0 fully saturated rings. The molecule has 0 spiro atoms. The number of fused-ring (bicyclic) bond motifs is 1. The summed E-state index contributed by atoms with van der Waals surface area (Å²) in [5.41, 5.74) is 2.57. The molecule has 0 amide bonds. The van der Waals surface area contributed by atoms with E-state index in [4.69, 9.17) is 17.0 Å². The maximum Gasteiger partial charge on any atom is 0.137 e. The first-order chi connectivity index (χ1) is 9.26. The summed E-state index contributed by atoms with van der Waals surface area (Å²) in [6, 6.07) is 0. The lowest BCUT2D eigenvalue weighted by Gasteiger charge is -2.17. The number of hydrogen-bond acceptors (Lipinski definition) is 3. The Labute approximate surface area is 120 Å². The summed E-state index contributed by atoms with van der Waals surface area (Å²) >= 11 is 5.49. The van der Waals surface area contributed by atoms with Gasteiger partial charge in [-0.2, -0.15) is 0 Å². The van der Waals surface area contributed by atoms with Crippen LogP contribution in [0.2, 0.25) is 0 Å². The van der Waals surface area contributed by atoms with Crippen molar-refractivity contribution in [2.75, 3.05) is 6.61 Å². The predicted molar refractivity (Wildman–Crippen MR) is 80.0 cm³/mol. The standard InChI is InChI=1S/C15H24N2OS/c1-3-8-13(18-4-2)14-16-12-10-7-5-6-9-11(12)15(19)17-14/h13H,3-10H2,1-2H3,(H,16,17,19). The number of rotatable bonds is 5. The van der Waals surface area contributed by atoms with E-state index in [-0.39, 0.29) is 6.10 Å². The molecule has 1 atom stereocenters. The number of ether oxygens (including phenoxy) is 1. The molecule has 0 aromatic carbocycles. The Morgan fingerprint density at radius 3 is 2.79 bits per heavy atom. The third-order valence-corrected chi connectivity index (χ3v) is 4.04. The summed E-state index contributed by atoms with van der Waals surface area (Å²) in [7, 11) is 0. The molecule has 1 N–H and O–H groups in total. The summed E-state index contributed by atoms with van der Waals surface area (Å²) in [6.07, 6.45) is 8.07. The van der Waals surface area contributed by atoms with E-state index in [1.807, 2.05) is 6.92 Å². The van der Waals surface area contributed by atoms with E-state index in [2.05, 4.69) is 16.9 Å². The van der Waals surface area contributed by atoms with Gasteiger partial charge in [0.15, 0.2) is 0 Å². The fourth-order valence-corrected chi connectivity index (χ4v) is 3.05. The molecule has 4 heteroatoms. The topological polar surface area (TPSA) is 37.9 Å². The zero-order valence-corrected chi connectivity index (χ0v) is 12.8. The fourth-order valence-electron chi connectivity index (χ4n) is 2.73. The number of aromatic nitrogens is 2. The Kier molecular flexibility index (Phi) is 5.52. The van der Waals surface area contributed by atoms with Crippen LogP contribution in [-0.2, 0) is 17.6 Å². The molecule has 0 saturated heterocycles. The van der Waals surface area contributed by atoms with Gasteiger partial charge in [0.2, 0.25) is 0 Å². The van der Waals surface area contributed by atoms with Crippen molar-refractivity contribution in [2.45, 2.75) is 64.9 Å². The van der Waals surface area contributed by atoms with Crippen molar-refractivity contribution in [3.8, 4) is 0 Å². The van der Waals surface area contributed by atoms with Gasteiger partial charge < -0.3 is 9.72 Å². The lowest BCUT2D eigenvalue weighted by Crippen LogP contribution is -2.12. The Bertz CT molecular complexity index is 464. The van der Waals surface area contributed by atoms with E-state index in [0.29, 0.717) is 6.61 Å². The molecule has 0 aliphatic heterocycles. The molecule has 1 aromatic heterocycles. The Hall–Kier alpha value is -0.740. The lowest BCUT2D eigenvalue weighted by atomic mass is 10.1. The fraction of sp³-hybridized carbons (Fsp3) is 0.733. The average molecular weight is 280 g/mol. The highest BCUT2D eigenvalue weighted by atomic mass is 32.1. The molecule has 3 nitrogen and oxygen atoms in total. The van der Waals surface area contributed by atoms with Gasteiger partial charge in [-0.25, -0.2) is 4.98 Å². The van der Waals surface area contributed by atoms with Crippen LogP contribution in [0.3, 0.4) is 0 Å². The highest BCUT2D eigenvalue weighted by Gasteiger charge is 2.17. The smallest absolute Gasteiger partial charge is 0.137 e. The second-order valence-corrected chi connectivity index (χ2v) is 5.56. The van der Waals surface area contributed by atoms with E-state index in [9.17, 15) is 0 Å². The SMILES string of the molecule is CCCC(OCC)c1nc(=S)c2c([nH]1)CCCCC2. The average Bonchev–Trinajstić information content (AvgIpc) is 2.64. The van der Waals surface area contributed by atoms with Gasteiger partial charge in [-0.1, -0.05) is 32.0 Å². The summed E-state index contributed by atoms with van der Waals surface area (Å²) in [5.74, 6) is 0.925. The van der Waals surface area contributed by atoms with Gasteiger partial charge in [0.25, 0.3) is 0 Å². The molecule has 19 heavy (non-hydrogen) atoms. The van der Waals surface area contributed by atoms with E-state index in [1.54, 1.807) is 0 Å². The number of H-pyrrole nitrogens is 1. The van der Waals surface area contributed by atoms with Crippen LogP contribution >= 0.6 is 12.2 Å². The molecule has 2 rings (SSSR count). The van der Waals surface area contributed by atoms with Crippen molar-refractivity contribution in [2.24, 2.45) is 0 Å². The van der Waals surface area contributed by atoms with Crippen LogP contribution in [0.15, 0.2) is 0 Å². The van der Waals surface area contributed by atoms with Gasteiger partial charge in [0.05, 0.1) is 0 Å². The molecule has 1 aliphatic carbocycles. The quantitative estimate of drug-likeness (QED) is 0.646. The van der Waals surface area contributed by atoms with Gasteiger partial charge >= 0.3 is 0 Å². The molecule has 1 aromatic rings. The Balaban J connectivity index is 2.33. The van der Waals surface area contributed by atoms with Crippen molar-refractivity contribution in [3.63, 3.8) is 0 Å². The lowest BCUT2D eigenvalue weighted by molar-refractivity contribution is 0.0491. The molecule has 106 valence electrons. The second kappa shape index (κ2) is 7.15. The first-order valence-corrected chi connectivity index (χ1v) is 7.90. The summed E-state index contributed by atoms with van der Waals surface area (Å²) in [6.45, 7) is 4.91. The summed E-state index contributed by atoms with van der Waals surface area (Å²) < 4.78 is 6.59. The molecule has 1 heterocycles. The minimum atomic E-state index is 0.0604. The number of aromatic amines is 1.